The maximum atomic E-state index is 12.2. The molecule has 5 aromatic rings. The van der Waals surface area contributed by atoms with Gasteiger partial charge in [0.2, 0.25) is 0 Å². The minimum absolute atomic E-state index is 0. The first-order valence-corrected chi connectivity index (χ1v) is 14.8. The fourth-order valence-electron chi connectivity index (χ4n) is 4.27. The molecule has 2 heterocycles. The van der Waals surface area contributed by atoms with Crippen LogP contribution in [0.3, 0.4) is 0 Å². The number of ether oxygens (including phenoxy) is 1. The van der Waals surface area contributed by atoms with Gasteiger partial charge in [0, 0.05) is 34.6 Å². The number of hydrogen-bond donors (Lipinski definition) is 3. The van der Waals surface area contributed by atoms with Crippen LogP contribution in [0.25, 0.3) is 22.0 Å². The molecule has 0 aliphatic heterocycles. The van der Waals surface area contributed by atoms with Gasteiger partial charge in [-0.1, -0.05) is 48.0 Å². The van der Waals surface area contributed by atoms with Gasteiger partial charge in [-0.15, -0.1) is 10.2 Å². The second kappa shape index (κ2) is 14.7. The standard InChI is InChI=1S/C30H25ClN6O5S.Na.H/c31-28-16-19(12-14-33-28)30(38)34-13-5-15-42-26-9-4-3-8-23(26)24-11-10-20(18-35-24)36-37-25-17-27(43(39,40)41)21-6-1-2-7-22(21)29(25)32;;/h1-4,6-12,14,16-18H,5,13,15,32H2,(H,34,38)(H,39,40,41);;. The number of azo groups is 1. The van der Waals surface area contributed by atoms with Crippen LogP contribution in [0.15, 0.2) is 106 Å². The average molecular weight is 641 g/mol. The SMILES string of the molecule is Nc1c(N=Nc2ccc(-c3ccccc3OCCCNC(=O)c3ccnc(Cl)c3)nc2)cc(S(=O)(=O)O)c2ccccc12.[NaH]. The van der Waals surface area contributed by atoms with Gasteiger partial charge in [0.25, 0.3) is 16.0 Å². The number of rotatable bonds is 10. The molecular weight excluding hydrogens is 615 g/mol. The number of nitrogens with two attached hydrogens (primary N) is 1. The number of para-hydroxylation sites is 1. The van der Waals surface area contributed by atoms with E-state index < -0.39 is 10.1 Å². The zero-order valence-electron chi connectivity index (χ0n) is 22.5. The van der Waals surface area contributed by atoms with Crippen LogP contribution >= 0.6 is 11.6 Å². The van der Waals surface area contributed by atoms with Crippen molar-refractivity contribution in [2.45, 2.75) is 11.3 Å². The Bertz CT molecular complexity index is 1940. The van der Waals surface area contributed by atoms with E-state index in [2.05, 4.69) is 25.5 Å². The molecule has 3 aromatic carbocycles. The van der Waals surface area contributed by atoms with Crippen molar-refractivity contribution in [1.29, 1.82) is 0 Å². The zero-order chi connectivity index (χ0) is 30.4. The third-order valence-corrected chi connectivity index (χ3v) is 7.44. The Morgan fingerprint density at radius 1 is 0.977 bits per heavy atom. The topological polar surface area (TPSA) is 169 Å². The molecule has 0 saturated carbocycles. The molecule has 0 fully saturated rings. The van der Waals surface area contributed by atoms with E-state index >= 15 is 0 Å². The van der Waals surface area contributed by atoms with Crippen molar-refractivity contribution in [3.8, 4) is 17.0 Å². The fraction of sp³-hybridized carbons (Fsp3) is 0.100. The van der Waals surface area contributed by atoms with Crippen LogP contribution in [-0.2, 0) is 10.1 Å². The molecule has 0 unspecified atom stereocenters. The van der Waals surface area contributed by atoms with Gasteiger partial charge in [0.15, 0.2) is 0 Å². The third kappa shape index (κ3) is 7.97. The van der Waals surface area contributed by atoms with Gasteiger partial charge in [-0.05, 0) is 48.9 Å². The number of nitrogens with one attached hydrogen (secondary N) is 1. The Balaban J connectivity index is 0.00000442. The van der Waals surface area contributed by atoms with Gasteiger partial charge in [0.1, 0.15) is 27.2 Å². The van der Waals surface area contributed by atoms with Gasteiger partial charge < -0.3 is 15.8 Å². The number of fused-ring (bicyclic) bond motifs is 1. The van der Waals surface area contributed by atoms with E-state index in [1.54, 1.807) is 42.5 Å². The summed E-state index contributed by atoms with van der Waals surface area (Å²) in [4.78, 5) is 20.3. The number of carbonyl (C=O) groups is 1. The average Bonchev–Trinajstić information content (AvgIpc) is 3.00. The van der Waals surface area contributed by atoms with Gasteiger partial charge in [-0.25, -0.2) is 4.98 Å². The molecule has 0 aliphatic rings. The first-order valence-electron chi connectivity index (χ1n) is 13.0. The summed E-state index contributed by atoms with van der Waals surface area (Å²) < 4.78 is 39.6. The molecule has 44 heavy (non-hydrogen) atoms. The van der Waals surface area contributed by atoms with E-state index in [1.165, 1.54) is 24.5 Å². The summed E-state index contributed by atoms with van der Waals surface area (Å²) >= 11 is 5.84. The number of anilines is 1. The number of amides is 1. The van der Waals surface area contributed by atoms with Crippen LogP contribution in [0, 0.1) is 0 Å². The van der Waals surface area contributed by atoms with Gasteiger partial charge in [-0.3, -0.25) is 14.3 Å². The second-order valence-corrected chi connectivity index (χ2v) is 11.0. The van der Waals surface area contributed by atoms with E-state index in [0.29, 0.717) is 47.7 Å². The molecular formula is C30H26ClN6NaO5S. The zero-order valence-corrected chi connectivity index (χ0v) is 24.1. The van der Waals surface area contributed by atoms with Crippen LogP contribution in [0.4, 0.5) is 17.1 Å². The molecule has 1 amide bonds. The predicted octanol–water partition coefficient (Wildman–Crippen LogP) is 5.74. The molecule has 0 aliphatic carbocycles. The molecule has 11 nitrogen and oxygen atoms in total. The first-order chi connectivity index (χ1) is 20.7. The molecule has 0 radical (unpaired) electrons. The first kappa shape index (κ1) is 33.0. The summed E-state index contributed by atoms with van der Waals surface area (Å²) in [5, 5.41) is 12.1. The number of carbonyl (C=O) groups excluding carboxylic acids is 1. The summed E-state index contributed by atoms with van der Waals surface area (Å²) in [6.07, 6.45) is 3.56. The van der Waals surface area contributed by atoms with Crippen LogP contribution in [0.5, 0.6) is 5.75 Å². The van der Waals surface area contributed by atoms with Crippen LogP contribution < -0.4 is 15.8 Å². The fourth-order valence-corrected chi connectivity index (χ4v) is 5.16. The number of halogens is 1. The van der Waals surface area contributed by atoms with Crippen molar-refractivity contribution in [2.24, 2.45) is 10.2 Å². The summed E-state index contributed by atoms with van der Waals surface area (Å²) in [7, 11) is -4.53. The van der Waals surface area contributed by atoms with Crippen molar-refractivity contribution < 1.29 is 22.5 Å². The monoisotopic (exact) mass is 640 g/mol. The second-order valence-electron chi connectivity index (χ2n) is 9.25. The van der Waals surface area contributed by atoms with Gasteiger partial charge in [-0.2, -0.15) is 8.42 Å². The Morgan fingerprint density at radius 2 is 1.73 bits per heavy atom. The molecule has 0 saturated heterocycles. The molecule has 0 atom stereocenters. The van der Waals surface area contributed by atoms with Crippen molar-refractivity contribution >= 4 is 85.0 Å². The minimum atomic E-state index is -4.53. The van der Waals surface area contributed by atoms with Gasteiger partial charge in [0.05, 0.1) is 24.2 Å². The number of hydrogen-bond acceptors (Lipinski definition) is 9. The van der Waals surface area contributed by atoms with Crippen LogP contribution in [0.2, 0.25) is 5.15 Å². The molecule has 2 aromatic heterocycles. The molecule has 5 rings (SSSR count). The van der Waals surface area contributed by atoms with Crippen molar-refractivity contribution in [3.63, 3.8) is 0 Å². The number of benzene rings is 3. The predicted molar refractivity (Wildman–Crippen MR) is 171 cm³/mol. The Hall–Kier alpha value is -3.91. The molecule has 4 N–H and O–H groups in total. The summed E-state index contributed by atoms with van der Waals surface area (Å²) in [6.45, 7) is 0.770. The van der Waals surface area contributed by atoms with Crippen LogP contribution in [-0.4, -0.2) is 71.6 Å². The normalized spacial score (nSPS) is 11.3. The van der Waals surface area contributed by atoms with Crippen LogP contribution in [0.1, 0.15) is 16.8 Å². The van der Waals surface area contributed by atoms with Gasteiger partial charge >= 0.3 is 29.6 Å². The van der Waals surface area contributed by atoms with E-state index in [1.807, 2.05) is 24.3 Å². The number of nitrogens with zero attached hydrogens (tertiary/aromatic N) is 4. The van der Waals surface area contributed by atoms with E-state index in [0.717, 1.165) is 5.56 Å². The van der Waals surface area contributed by atoms with Crippen molar-refractivity contribution in [3.05, 3.63) is 102 Å². The Morgan fingerprint density at radius 3 is 2.45 bits per heavy atom. The molecule has 220 valence electrons. The van der Waals surface area contributed by atoms with E-state index in [9.17, 15) is 17.8 Å². The summed E-state index contributed by atoms with van der Waals surface area (Å²) in [5.41, 5.74) is 8.78. The Labute approximate surface area is 280 Å². The van der Waals surface area contributed by atoms with Crippen molar-refractivity contribution in [1.82, 2.24) is 15.3 Å². The van der Waals surface area contributed by atoms with E-state index in [-0.39, 0.29) is 62.3 Å². The molecule has 0 bridgehead atoms. The molecule has 14 heteroatoms. The number of aromatic nitrogens is 2. The quantitative estimate of drug-likeness (QED) is 0.0433. The number of nitrogen functional groups attached to an aromatic ring is 1. The third-order valence-electron chi connectivity index (χ3n) is 6.34. The number of pyridine rings is 2. The molecule has 0 spiro atoms. The van der Waals surface area contributed by atoms with Crippen molar-refractivity contribution in [2.75, 3.05) is 18.9 Å². The van der Waals surface area contributed by atoms with E-state index in [4.69, 9.17) is 22.1 Å². The Kier molecular flexibility index (Phi) is 11.0. The summed E-state index contributed by atoms with van der Waals surface area (Å²) in [5.74, 6) is 0.381. The summed E-state index contributed by atoms with van der Waals surface area (Å²) in [6, 6.07) is 21.7. The maximum absolute atomic E-state index is 12.2.